The van der Waals surface area contributed by atoms with Crippen molar-refractivity contribution < 1.29 is 19.7 Å². The van der Waals surface area contributed by atoms with E-state index >= 15 is 0 Å². The minimum Gasteiger partial charge on any atom is -0.489 e. The van der Waals surface area contributed by atoms with E-state index in [0.717, 1.165) is 5.57 Å². The van der Waals surface area contributed by atoms with Crippen LogP contribution in [-0.2, 0) is 4.79 Å². The molecule has 0 aliphatic heterocycles. The zero-order chi connectivity index (χ0) is 12.1. The van der Waals surface area contributed by atoms with Crippen molar-refractivity contribution in [1.82, 2.24) is 0 Å². The van der Waals surface area contributed by atoms with E-state index in [1.807, 2.05) is 6.92 Å². The number of carboxylic acid groups (broad SMARTS) is 1. The van der Waals surface area contributed by atoms with Crippen LogP contribution in [0.5, 0.6) is 5.75 Å². The van der Waals surface area contributed by atoms with E-state index in [-0.39, 0.29) is 0 Å². The van der Waals surface area contributed by atoms with Gasteiger partial charge in [-0.2, -0.15) is 0 Å². The summed E-state index contributed by atoms with van der Waals surface area (Å²) in [5.41, 5.74) is 1.16. The van der Waals surface area contributed by atoms with E-state index in [9.17, 15) is 9.90 Å². The Morgan fingerprint density at radius 1 is 1.56 bits per heavy atom. The molecule has 0 spiro atoms. The maximum absolute atomic E-state index is 10.6. The van der Waals surface area contributed by atoms with Gasteiger partial charge in [0.25, 0.3) is 0 Å². The molecule has 0 fully saturated rings. The largest absolute Gasteiger partial charge is 0.489 e. The molecule has 86 valence electrons. The number of rotatable bonds is 5. The Hall–Kier alpha value is -1.81. The summed E-state index contributed by atoms with van der Waals surface area (Å²) in [6, 6.07) is 6.37. The lowest BCUT2D eigenvalue weighted by Crippen LogP contribution is -2.10. The maximum Gasteiger partial charge on any atom is 0.337 e. The average molecular weight is 222 g/mol. The molecule has 16 heavy (non-hydrogen) atoms. The van der Waals surface area contributed by atoms with Crippen LogP contribution in [0.4, 0.5) is 0 Å². The quantitative estimate of drug-likeness (QED) is 0.745. The fraction of sp³-hybridized carbons (Fsp3) is 0.250. The lowest BCUT2D eigenvalue weighted by Gasteiger charge is -2.09. The molecular weight excluding hydrogens is 208 g/mol. The fourth-order valence-corrected chi connectivity index (χ4v) is 1.12. The highest BCUT2D eigenvalue weighted by Crippen LogP contribution is 2.19. The molecule has 0 aliphatic rings. The summed E-state index contributed by atoms with van der Waals surface area (Å²) in [6.07, 6.45) is -1.52. The molecule has 4 heteroatoms. The Kier molecular flexibility index (Phi) is 4.08. The molecule has 1 atom stereocenters. The van der Waals surface area contributed by atoms with E-state index in [1.165, 1.54) is 12.1 Å². The van der Waals surface area contributed by atoms with Gasteiger partial charge in [0.1, 0.15) is 12.4 Å². The lowest BCUT2D eigenvalue weighted by atomic mass is 10.1. The van der Waals surface area contributed by atoms with Crippen LogP contribution in [0.2, 0.25) is 0 Å². The number of hydrogen-bond acceptors (Lipinski definition) is 3. The van der Waals surface area contributed by atoms with E-state index in [4.69, 9.17) is 9.84 Å². The summed E-state index contributed by atoms with van der Waals surface area (Å²) in [7, 11) is 0. The summed E-state index contributed by atoms with van der Waals surface area (Å²) in [5.74, 6) is -0.766. The molecule has 0 saturated carbocycles. The molecule has 0 aromatic heterocycles. The summed E-state index contributed by atoms with van der Waals surface area (Å²) < 4.78 is 5.33. The van der Waals surface area contributed by atoms with Gasteiger partial charge in [0, 0.05) is 0 Å². The van der Waals surface area contributed by atoms with Crippen LogP contribution in [0.3, 0.4) is 0 Å². The zero-order valence-corrected chi connectivity index (χ0v) is 9.01. The molecule has 1 aromatic carbocycles. The summed E-state index contributed by atoms with van der Waals surface area (Å²) in [6.45, 7) is 5.88. The number of carbonyl (C=O) groups is 1. The number of ether oxygens (including phenoxy) is 1. The van der Waals surface area contributed by atoms with Crippen molar-refractivity contribution >= 4 is 5.97 Å². The van der Waals surface area contributed by atoms with Crippen LogP contribution < -0.4 is 4.74 Å². The van der Waals surface area contributed by atoms with Gasteiger partial charge in [0.05, 0.1) is 0 Å². The van der Waals surface area contributed by atoms with Gasteiger partial charge in [-0.1, -0.05) is 18.7 Å². The summed E-state index contributed by atoms with van der Waals surface area (Å²) in [5, 5.41) is 18.0. The monoisotopic (exact) mass is 222 g/mol. The third kappa shape index (κ3) is 3.40. The fourth-order valence-electron chi connectivity index (χ4n) is 1.12. The molecule has 0 radical (unpaired) electrons. The van der Waals surface area contributed by atoms with E-state index < -0.39 is 12.1 Å². The molecule has 0 amide bonds. The third-order valence-corrected chi connectivity index (χ3v) is 1.89. The van der Waals surface area contributed by atoms with Crippen LogP contribution in [0, 0.1) is 0 Å². The van der Waals surface area contributed by atoms with Crippen molar-refractivity contribution in [3.8, 4) is 5.75 Å². The third-order valence-electron chi connectivity index (χ3n) is 1.89. The first-order chi connectivity index (χ1) is 7.50. The van der Waals surface area contributed by atoms with Gasteiger partial charge in [0.15, 0.2) is 6.10 Å². The first kappa shape index (κ1) is 12.3. The van der Waals surface area contributed by atoms with E-state index in [0.29, 0.717) is 17.9 Å². The Labute approximate surface area is 93.8 Å². The Morgan fingerprint density at radius 2 is 2.25 bits per heavy atom. The van der Waals surface area contributed by atoms with Crippen LogP contribution in [-0.4, -0.2) is 22.8 Å². The second-order valence-electron chi connectivity index (χ2n) is 3.56. The average Bonchev–Trinajstić information content (AvgIpc) is 2.25. The first-order valence-corrected chi connectivity index (χ1v) is 4.78. The van der Waals surface area contributed by atoms with Gasteiger partial charge >= 0.3 is 5.97 Å². The van der Waals surface area contributed by atoms with Gasteiger partial charge < -0.3 is 14.9 Å². The molecule has 1 unspecified atom stereocenters. The molecule has 4 nitrogen and oxygen atoms in total. The maximum atomic E-state index is 10.6. The second kappa shape index (κ2) is 5.32. The van der Waals surface area contributed by atoms with Crippen molar-refractivity contribution in [2.75, 3.05) is 6.61 Å². The number of benzene rings is 1. The minimum atomic E-state index is -1.52. The highest BCUT2D eigenvalue weighted by molar-refractivity contribution is 5.74. The van der Waals surface area contributed by atoms with Crippen LogP contribution in [0.25, 0.3) is 0 Å². The minimum absolute atomic E-state index is 0.298. The zero-order valence-electron chi connectivity index (χ0n) is 9.01. The topological polar surface area (TPSA) is 66.8 Å². The van der Waals surface area contributed by atoms with Crippen molar-refractivity contribution in [2.24, 2.45) is 0 Å². The molecule has 1 rings (SSSR count). The lowest BCUT2D eigenvalue weighted by molar-refractivity contribution is -0.146. The highest BCUT2D eigenvalue weighted by atomic mass is 16.5. The van der Waals surface area contributed by atoms with Gasteiger partial charge in [-0.05, 0) is 30.2 Å². The smallest absolute Gasteiger partial charge is 0.337 e. The van der Waals surface area contributed by atoms with Crippen LogP contribution >= 0.6 is 0 Å². The van der Waals surface area contributed by atoms with Gasteiger partial charge in [-0.25, -0.2) is 4.79 Å². The summed E-state index contributed by atoms with van der Waals surface area (Å²) in [4.78, 5) is 10.6. The molecule has 0 aliphatic carbocycles. The van der Waals surface area contributed by atoms with Crippen molar-refractivity contribution in [3.05, 3.63) is 42.0 Å². The molecule has 0 bridgehead atoms. The number of hydrogen-bond donors (Lipinski definition) is 2. The van der Waals surface area contributed by atoms with Gasteiger partial charge in [-0.15, -0.1) is 0 Å². The number of aliphatic carboxylic acids is 1. The highest BCUT2D eigenvalue weighted by Gasteiger charge is 2.15. The van der Waals surface area contributed by atoms with Crippen molar-refractivity contribution in [2.45, 2.75) is 13.0 Å². The number of aliphatic hydroxyl groups excluding tert-OH is 1. The van der Waals surface area contributed by atoms with Gasteiger partial charge in [-0.3, -0.25) is 0 Å². The molecule has 0 saturated heterocycles. The molecule has 2 N–H and O–H groups in total. The Balaban J connectivity index is 2.78. The first-order valence-electron chi connectivity index (χ1n) is 4.78. The van der Waals surface area contributed by atoms with Crippen LogP contribution in [0.1, 0.15) is 18.6 Å². The Morgan fingerprint density at radius 3 is 2.81 bits per heavy atom. The number of carboxylic acids is 1. The van der Waals surface area contributed by atoms with Crippen molar-refractivity contribution in [1.29, 1.82) is 0 Å². The molecular formula is C12H14O4. The predicted octanol–water partition coefficient (Wildman–Crippen LogP) is 1.76. The standard InChI is InChI=1S/C12H14O4/c1-8(2)7-16-10-5-3-4-9(6-10)11(13)12(14)15/h3-6,11,13H,1,7H2,2H3,(H,14,15). The second-order valence-corrected chi connectivity index (χ2v) is 3.56. The normalized spacial score (nSPS) is 11.9. The van der Waals surface area contributed by atoms with Crippen LogP contribution in [0.15, 0.2) is 36.4 Å². The summed E-state index contributed by atoms with van der Waals surface area (Å²) >= 11 is 0. The molecule has 1 aromatic rings. The van der Waals surface area contributed by atoms with Gasteiger partial charge in [0.2, 0.25) is 0 Å². The number of aliphatic hydroxyl groups is 1. The van der Waals surface area contributed by atoms with E-state index in [2.05, 4.69) is 6.58 Å². The Bertz CT molecular complexity index is 398. The molecule has 0 heterocycles. The van der Waals surface area contributed by atoms with Crippen molar-refractivity contribution in [3.63, 3.8) is 0 Å². The van der Waals surface area contributed by atoms with E-state index in [1.54, 1.807) is 12.1 Å². The SMILES string of the molecule is C=C(C)COc1cccc(C(O)C(=O)O)c1. The predicted molar refractivity (Wildman–Crippen MR) is 59.3 cm³/mol.